The van der Waals surface area contributed by atoms with Gasteiger partial charge < -0.3 is 4.74 Å². The van der Waals surface area contributed by atoms with Crippen molar-refractivity contribution < 1.29 is 14.3 Å². The van der Waals surface area contributed by atoms with Gasteiger partial charge in [-0.2, -0.15) is 0 Å². The zero-order valence-electron chi connectivity index (χ0n) is 9.29. The summed E-state index contributed by atoms with van der Waals surface area (Å²) in [5.41, 5.74) is 0.892. The smallest absolute Gasteiger partial charge is 0.375 e. The van der Waals surface area contributed by atoms with Gasteiger partial charge in [-0.25, -0.2) is 4.79 Å². The monoisotopic (exact) mass is 198 g/mol. The number of ether oxygens (including phenoxy) is 1. The number of ketones is 1. The maximum absolute atomic E-state index is 11.4. The maximum atomic E-state index is 11.4. The minimum Gasteiger partial charge on any atom is -0.457 e. The summed E-state index contributed by atoms with van der Waals surface area (Å²) in [6, 6.07) is 0. The van der Waals surface area contributed by atoms with Gasteiger partial charge in [-0.15, -0.1) is 6.58 Å². The Hall–Kier alpha value is -1.12. The van der Waals surface area contributed by atoms with Gasteiger partial charge in [0.25, 0.3) is 0 Å². The van der Waals surface area contributed by atoms with Crippen molar-refractivity contribution in [1.29, 1.82) is 0 Å². The summed E-state index contributed by atoms with van der Waals surface area (Å²) in [5, 5.41) is 0. The van der Waals surface area contributed by atoms with Crippen molar-refractivity contribution in [1.82, 2.24) is 0 Å². The molecule has 0 aromatic rings. The molecule has 0 N–H and O–H groups in total. The number of Topliss-reactive ketones (excluding diaryl/α,β-unsaturated/α-hetero) is 1. The van der Waals surface area contributed by atoms with Crippen molar-refractivity contribution in [2.75, 3.05) is 0 Å². The molecule has 0 saturated heterocycles. The number of carbonyl (C=O) groups is 2. The maximum Gasteiger partial charge on any atom is 0.375 e. The molecule has 0 saturated carbocycles. The Morgan fingerprint density at radius 1 is 1.29 bits per heavy atom. The van der Waals surface area contributed by atoms with Gasteiger partial charge in [0.05, 0.1) is 6.10 Å². The molecule has 0 rings (SSSR count). The van der Waals surface area contributed by atoms with E-state index >= 15 is 0 Å². The fourth-order valence-corrected chi connectivity index (χ4v) is 1.09. The van der Waals surface area contributed by atoms with Gasteiger partial charge in [-0.05, 0) is 27.2 Å². The van der Waals surface area contributed by atoms with E-state index in [0.717, 1.165) is 5.57 Å². The standard InChI is InChI=1S/C11H18O3/c1-7(2)6-9(5)10(12)11(13)14-8(3)4/h8-9H,1,6H2,2-5H3/t9-/m0/s1. The van der Waals surface area contributed by atoms with Crippen LogP contribution < -0.4 is 0 Å². The summed E-state index contributed by atoms with van der Waals surface area (Å²) in [6.45, 7) is 10.7. The van der Waals surface area contributed by atoms with Crippen molar-refractivity contribution in [2.45, 2.75) is 40.2 Å². The molecule has 0 unspecified atom stereocenters. The first-order chi connectivity index (χ1) is 6.34. The van der Waals surface area contributed by atoms with Crippen molar-refractivity contribution in [3.63, 3.8) is 0 Å². The van der Waals surface area contributed by atoms with Crippen LogP contribution >= 0.6 is 0 Å². The average molecular weight is 198 g/mol. The number of esters is 1. The van der Waals surface area contributed by atoms with Gasteiger partial charge in [-0.1, -0.05) is 12.5 Å². The molecule has 0 aliphatic carbocycles. The van der Waals surface area contributed by atoms with E-state index < -0.39 is 11.8 Å². The van der Waals surface area contributed by atoms with Crippen molar-refractivity contribution >= 4 is 11.8 Å². The van der Waals surface area contributed by atoms with E-state index in [4.69, 9.17) is 4.74 Å². The Balaban J connectivity index is 4.18. The Kier molecular flexibility index (Phi) is 5.13. The third-order valence-electron chi connectivity index (χ3n) is 1.65. The van der Waals surface area contributed by atoms with Crippen molar-refractivity contribution in [3.8, 4) is 0 Å². The quantitative estimate of drug-likeness (QED) is 0.386. The zero-order valence-corrected chi connectivity index (χ0v) is 9.29. The van der Waals surface area contributed by atoms with Crippen LogP contribution in [0, 0.1) is 5.92 Å². The predicted octanol–water partition coefficient (Wildman–Crippen LogP) is 2.11. The fraction of sp³-hybridized carbons (Fsp3) is 0.636. The van der Waals surface area contributed by atoms with E-state index in [1.54, 1.807) is 20.8 Å². The number of carbonyl (C=O) groups excluding carboxylic acids is 2. The number of allylic oxidation sites excluding steroid dienone is 1. The van der Waals surface area contributed by atoms with Crippen molar-refractivity contribution in [2.24, 2.45) is 5.92 Å². The van der Waals surface area contributed by atoms with E-state index in [2.05, 4.69) is 6.58 Å². The van der Waals surface area contributed by atoms with E-state index in [0.29, 0.717) is 6.42 Å². The van der Waals surface area contributed by atoms with E-state index in [1.807, 2.05) is 6.92 Å². The van der Waals surface area contributed by atoms with Crippen molar-refractivity contribution in [3.05, 3.63) is 12.2 Å². The topological polar surface area (TPSA) is 43.4 Å². The highest BCUT2D eigenvalue weighted by molar-refractivity contribution is 6.34. The van der Waals surface area contributed by atoms with Crippen LogP contribution in [0.2, 0.25) is 0 Å². The molecule has 0 amide bonds. The normalized spacial score (nSPS) is 12.4. The van der Waals surface area contributed by atoms with Crippen LogP contribution in [0.5, 0.6) is 0 Å². The van der Waals surface area contributed by atoms with Crippen LogP contribution in [-0.2, 0) is 14.3 Å². The summed E-state index contributed by atoms with van der Waals surface area (Å²) in [5.74, 6) is -1.55. The lowest BCUT2D eigenvalue weighted by Gasteiger charge is -2.11. The molecule has 0 aromatic heterocycles. The van der Waals surface area contributed by atoms with Crippen LogP contribution in [0.15, 0.2) is 12.2 Å². The lowest BCUT2D eigenvalue weighted by Crippen LogP contribution is -2.26. The molecule has 0 fully saturated rings. The first-order valence-corrected chi connectivity index (χ1v) is 4.73. The summed E-state index contributed by atoms with van der Waals surface area (Å²) >= 11 is 0. The highest BCUT2D eigenvalue weighted by Crippen LogP contribution is 2.11. The predicted molar refractivity (Wildman–Crippen MR) is 54.8 cm³/mol. The SMILES string of the molecule is C=C(C)C[C@H](C)C(=O)C(=O)OC(C)C. The minimum absolute atomic E-state index is 0.247. The molecule has 3 nitrogen and oxygen atoms in total. The summed E-state index contributed by atoms with van der Waals surface area (Å²) in [6.07, 6.45) is 0.287. The van der Waals surface area contributed by atoms with E-state index in [9.17, 15) is 9.59 Å². The summed E-state index contributed by atoms with van der Waals surface area (Å²) in [4.78, 5) is 22.6. The molecule has 1 atom stereocenters. The minimum atomic E-state index is -0.742. The molecule has 0 radical (unpaired) electrons. The molecule has 14 heavy (non-hydrogen) atoms. The molecule has 3 heteroatoms. The van der Waals surface area contributed by atoms with Gasteiger partial charge in [0.2, 0.25) is 5.78 Å². The lowest BCUT2D eigenvalue weighted by atomic mass is 9.99. The first-order valence-electron chi connectivity index (χ1n) is 4.73. The Morgan fingerprint density at radius 2 is 1.79 bits per heavy atom. The number of hydrogen-bond acceptors (Lipinski definition) is 3. The Morgan fingerprint density at radius 3 is 2.14 bits per heavy atom. The molecular formula is C11H18O3. The van der Waals surface area contributed by atoms with Crippen LogP contribution in [0.25, 0.3) is 0 Å². The Bertz CT molecular complexity index is 241. The third-order valence-corrected chi connectivity index (χ3v) is 1.65. The molecule has 0 aliphatic heterocycles. The van der Waals surface area contributed by atoms with E-state index in [1.165, 1.54) is 0 Å². The number of hydrogen-bond donors (Lipinski definition) is 0. The van der Waals surface area contributed by atoms with Crippen LogP contribution in [0.4, 0.5) is 0 Å². The molecule has 0 bridgehead atoms. The molecule has 80 valence electrons. The van der Waals surface area contributed by atoms with Gasteiger partial charge in [0.1, 0.15) is 0 Å². The molecule has 0 spiro atoms. The fourth-order valence-electron chi connectivity index (χ4n) is 1.09. The second kappa shape index (κ2) is 5.58. The highest BCUT2D eigenvalue weighted by Gasteiger charge is 2.23. The Labute approximate surface area is 85.1 Å². The van der Waals surface area contributed by atoms with Crippen LogP contribution in [-0.4, -0.2) is 17.9 Å². The lowest BCUT2D eigenvalue weighted by molar-refractivity contribution is -0.158. The van der Waals surface area contributed by atoms with Gasteiger partial charge in [0, 0.05) is 5.92 Å². The van der Waals surface area contributed by atoms with E-state index in [-0.39, 0.29) is 12.0 Å². The third kappa shape index (κ3) is 4.80. The largest absolute Gasteiger partial charge is 0.457 e. The first kappa shape index (κ1) is 12.9. The second-order valence-electron chi connectivity index (χ2n) is 3.88. The average Bonchev–Trinajstić information content (AvgIpc) is 2.00. The number of rotatable bonds is 5. The molecular weight excluding hydrogens is 180 g/mol. The molecule has 0 aliphatic rings. The van der Waals surface area contributed by atoms with Gasteiger partial charge >= 0.3 is 5.97 Å². The molecule has 0 heterocycles. The van der Waals surface area contributed by atoms with Crippen LogP contribution in [0.3, 0.4) is 0 Å². The zero-order chi connectivity index (χ0) is 11.3. The second-order valence-corrected chi connectivity index (χ2v) is 3.88. The summed E-state index contributed by atoms with van der Waals surface area (Å²) < 4.78 is 4.80. The summed E-state index contributed by atoms with van der Waals surface area (Å²) in [7, 11) is 0. The van der Waals surface area contributed by atoms with Gasteiger partial charge in [0.15, 0.2) is 0 Å². The molecule has 0 aromatic carbocycles. The van der Waals surface area contributed by atoms with Gasteiger partial charge in [-0.3, -0.25) is 4.79 Å². The van der Waals surface area contributed by atoms with Crippen LogP contribution in [0.1, 0.15) is 34.1 Å². The highest BCUT2D eigenvalue weighted by atomic mass is 16.5.